The Morgan fingerprint density at radius 3 is 2.56 bits per heavy atom. The molecule has 2 amide bonds. The molecular weight excluding hydrogens is 328 g/mol. The average molecular weight is 350 g/mol. The van der Waals surface area contributed by atoms with Crippen molar-refractivity contribution in [2.24, 2.45) is 0 Å². The second-order valence-corrected chi connectivity index (χ2v) is 6.43. The SMILES string of the molecule is O=C1C2CCCN2C(=O)c2ccccc2N1C[C@H](O)[C@@H](O)[C@H](O)CO. The van der Waals surface area contributed by atoms with E-state index in [9.17, 15) is 24.9 Å². The number of benzene rings is 1. The summed E-state index contributed by atoms with van der Waals surface area (Å²) in [4.78, 5) is 28.5. The number of amides is 2. The van der Waals surface area contributed by atoms with Gasteiger partial charge in [0.2, 0.25) is 5.91 Å². The van der Waals surface area contributed by atoms with Crippen molar-refractivity contribution < 1.29 is 30.0 Å². The summed E-state index contributed by atoms with van der Waals surface area (Å²) in [6.45, 7) is -0.491. The Morgan fingerprint density at radius 1 is 1.12 bits per heavy atom. The van der Waals surface area contributed by atoms with E-state index >= 15 is 0 Å². The van der Waals surface area contributed by atoms with E-state index < -0.39 is 31.0 Å². The smallest absolute Gasteiger partial charge is 0.256 e. The molecule has 4 atom stereocenters. The van der Waals surface area contributed by atoms with Gasteiger partial charge in [-0.3, -0.25) is 9.59 Å². The van der Waals surface area contributed by atoms with Crippen molar-refractivity contribution in [3.63, 3.8) is 0 Å². The fourth-order valence-electron chi connectivity index (χ4n) is 3.46. The monoisotopic (exact) mass is 350 g/mol. The number of aliphatic hydroxyl groups excluding tert-OH is 4. The zero-order valence-corrected chi connectivity index (χ0v) is 13.7. The number of carbonyl (C=O) groups excluding carboxylic acids is 2. The Hall–Kier alpha value is -2.00. The maximum Gasteiger partial charge on any atom is 0.256 e. The lowest BCUT2D eigenvalue weighted by atomic mass is 10.1. The molecule has 1 aromatic carbocycles. The number of β-amino-alcohol motifs (C(OH)–C–C–N with tert-alkyl or cyclic N) is 1. The van der Waals surface area contributed by atoms with Gasteiger partial charge in [0.25, 0.3) is 5.91 Å². The van der Waals surface area contributed by atoms with Crippen LogP contribution in [-0.2, 0) is 4.79 Å². The zero-order valence-electron chi connectivity index (χ0n) is 13.7. The molecule has 2 aliphatic heterocycles. The first-order chi connectivity index (χ1) is 12.0. The predicted octanol–water partition coefficient (Wildman–Crippen LogP) is -1.29. The highest BCUT2D eigenvalue weighted by Crippen LogP contribution is 2.32. The van der Waals surface area contributed by atoms with Crippen LogP contribution in [0.5, 0.6) is 0 Å². The van der Waals surface area contributed by atoms with E-state index in [-0.39, 0.29) is 18.4 Å². The summed E-state index contributed by atoms with van der Waals surface area (Å²) in [6.07, 6.45) is -3.32. The second kappa shape index (κ2) is 7.09. The average Bonchev–Trinajstić information content (AvgIpc) is 3.10. The van der Waals surface area contributed by atoms with E-state index in [4.69, 9.17) is 5.11 Å². The number of para-hydroxylation sites is 1. The summed E-state index contributed by atoms with van der Waals surface area (Å²) in [6, 6.07) is 6.05. The highest BCUT2D eigenvalue weighted by molar-refractivity contribution is 6.11. The molecule has 1 aromatic rings. The van der Waals surface area contributed by atoms with Crippen molar-refractivity contribution in [2.75, 3.05) is 24.6 Å². The van der Waals surface area contributed by atoms with Gasteiger partial charge in [-0.1, -0.05) is 12.1 Å². The van der Waals surface area contributed by atoms with Crippen molar-refractivity contribution in [2.45, 2.75) is 37.2 Å². The summed E-state index contributed by atoms with van der Waals surface area (Å²) in [5.41, 5.74) is 0.737. The molecule has 0 aromatic heterocycles. The fourth-order valence-corrected chi connectivity index (χ4v) is 3.46. The van der Waals surface area contributed by atoms with E-state index in [0.717, 1.165) is 6.42 Å². The van der Waals surface area contributed by atoms with Crippen LogP contribution in [0.25, 0.3) is 0 Å². The van der Waals surface area contributed by atoms with Crippen molar-refractivity contribution in [1.29, 1.82) is 0 Å². The van der Waals surface area contributed by atoms with Gasteiger partial charge in [0.1, 0.15) is 24.4 Å². The quantitative estimate of drug-likeness (QED) is 0.524. The largest absolute Gasteiger partial charge is 0.394 e. The van der Waals surface area contributed by atoms with Gasteiger partial charge in [-0.2, -0.15) is 0 Å². The van der Waals surface area contributed by atoms with Crippen molar-refractivity contribution in [3.8, 4) is 0 Å². The Bertz CT molecular complexity index is 666. The molecule has 1 unspecified atom stereocenters. The highest BCUT2D eigenvalue weighted by Gasteiger charge is 2.42. The van der Waals surface area contributed by atoms with Gasteiger partial charge in [-0.25, -0.2) is 0 Å². The minimum absolute atomic E-state index is 0.223. The first-order valence-corrected chi connectivity index (χ1v) is 8.32. The number of aliphatic hydroxyl groups is 4. The molecule has 2 aliphatic rings. The molecule has 3 rings (SSSR count). The molecule has 1 saturated heterocycles. The van der Waals surface area contributed by atoms with E-state index in [0.29, 0.717) is 24.2 Å². The Kier molecular flexibility index (Phi) is 5.05. The van der Waals surface area contributed by atoms with E-state index in [2.05, 4.69) is 0 Å². The van der Waals surface area contributed by atoms with Crippen LogP contribution in [0.1, 0.15) is 23.2 Å². The fraction of sp³-hybridized carbons (Fsp3) is 0.529. The van der Waals surface area contributed by atoms with Crippen molar-refractivity contribution >= 4 is 17.5 Å². The minimum atomic E-state index is -1.61. The Morgan fingerprint density at radius 2 is 1.84 bits per heavy atom. The summed E-state index contributed by atoms with van der Waals surface area (Å²) in [5.74, 6) is -0.542. The molecule has 1 fully saturated rings. The molecule has 4 N–H and O–H groups in total. The van der Waals surface area contributed by atoms with Crippen molar-refractivity contribution in [1.82, 2.24) is 4.90 Å². The lowest BCUT2D eigenvalue weighted by Crippen LogP contribution is -2.51. The van der Waals surface area contributed by atoms with Gasteiger partial charge in [0, 0.05) is 6.54 Å². The van der Waals surface area contributed by atoms with Crippen LogP contribution in [0, 0.1) is 0 Å². The summed E-state index contributed by atoms with van der Waals surface area (Å²) in [7, 11) is 0. The third kappa shape index (κ3) is 3.13. The van der Waals surface area contributed by atoms with Gasteiger partial charge >= 0.3 is 0 Å². The van der Waals surface area contributed by atoms with Crippen LogP contribution in [0.4, 0.5) is 5.69 Å². The third-order valence-corrected chi connectivity index (χ3v) is 4.84. The molecule has 8 heteroatoms. The molecule has 2 heterocycles. The molecule has 25 heavy (non-hydrogen) atoms. The molecule has 8 nitrogen and oxygen atoms in total. The first-order valence-electron chi connectivity index (χ1n) is 8.32. The number of nitrogens with zero attached hydrogens (tertiary/aromatic N) is 2. The van der Waals surface area contributed by atoms with E-state index in [1.807, 2.05) is 0 Å². The topological polar surface area (TPSA) is 122 Å². The minimum Gasteiger partial charge on any atom is -0.394 e. The number of rotatable bonds is 5. The van der Waals surface area contributed by atoms with Gasteiger partial charge in [0.15, 0.2) is 0 Å². The van der Waals surface area contributed by atoms with Crippen LogP contribution in [0.3, 0.4) is 0 Å². The molecule has 0 radical (unpaired) electrons. The van der Waals surface area contributed by atoms with Crippen LogP contribution in [0.2, 0.25) is 0 Å². The van der Waals surface area contributed by atoms with Crippen LogP contribution in [-0.4, -0.2) is 81.2 Å². The third-order valence-electron chi connectivity index (χ3n) is 4.84. The van der Waals surface area contributed by atoms with Crippen molar-refractivity contribution in [3.05, 3.63) is 29.8 Å². The zero-order chi connectivity index (χ0) is 18.1. The molecule has 0 spiro atoms. The van der Waals surface area contributed by atoms with E-state index in [1.165, 1.54) is 4.90 Å². The van der Waals surface area contributed by atoms with Gasteiger partial charge in [-0.15, -0.1) is 0 Å². The number of hydrogen-bond donors (Lipinski definition) is 4. The Labute approximate surface area is 144 Å². The predicted molar refractivity (Wildman–Crippen MR) is 88.0 cm³/mol. The van der Waals surface area contributed by atoms with Gasteiger partial charge in [0.05, 0.1) is 24.4 Å². The highest BCUT2D eigenvalue weighted by atomic mass is 16.4. The normalized spacial score (nSPS) is 23.8. The van der Waals surface area contributed by atoms with E-state index in [1.54, 1.807) is 29.2 Å². The number of fused-ring (bicyclic) bond motifs is 2. The standard InChI is InChI=1S/C17H22N2O6/c20-9-14(22)15(23)13(21)8-19-11-5-2-1-4-10(11)16(24)18-7-3-6-12(18)17(19)25/h1-2,4-5,12-15,20-23H,3,6-9H2/t12?,13-,14+,15+/m0/s1. The summed E-state index contributed by atoms with van der Waals surface area (Å²) in [5, 5.41) is 38.5. The van der Waals surface area contributed by atoms with Crippen LogP contribution in [0.15, 0.2) is 24.3 Å². The number of anilines is 1. The van der Waals surface area contributed by atoms with Crippen LogP contribution < -0.4 is 4.90 Å². The summed E-state index contributed by atoms with van der Waals surface area (Å²) >= 11 is 0. The molecule has 0 aliphatic carbocycles. The molecule has 0 saturated carbocycles. The lowest BCUT2D eigenvalue weighted by Gasteiger charge is -2.30. The lowest BCUT2D eigenvalue weighted by molar-refractivity contribution is -0.123. The van der Waals surface area contributed by atoms with Gasteiger partial charge < -0.3 is 30.2 Å². The number of hydrogen-bond acceptors (Lipinski definition) is 6. The maximum atomic E-state index is 13.0. The second-order valence-electron chi connectivity index (χ2n) is 6.43. The molecule has 136 valence electrons. The Balaban J connectivity index is 1.95. The van der Waals surface area contributed by atoms with Gasteiger partial charge in [-0.05, 0) is 25.0 Å². The molecular formula is C17H22N2O6. The first kappa shape index (κ1) is 17.8. The number of carbonyl (C=O) groups is 2. The summed E-state index contributed by atoms with van der Waals surface area (Å²) < 4.78 is 0. The van der Waals surface area contributed by atoms with Crippen LogP contribution >= 0.6 is 0 Å². The molecule has 0 bridgehead atoms. The maximum absolute atomic E-state index is 13.0.